The largest absolute Gasteiger partial charge is 0.381 e. The molecule has 0 aromatic rings. The van der Waals surface area contributed by atoms with Gasteiger partial charge in [0.15, 0.2) is 0 Å². The van der Waals surface area contributed by atoms with E-state index in [2.05, 4.69) is 4.90 Å². The molecule has 0 spiro atoms. The molecular weight excluding hydrogens is 168 g/mol. The normalized spacial score (nSPS) is 34.5. The van der Waals surface area contributed by atoms with Gasteiger partial charge in [0.25, 0.3) is 0 Å². The zero-order chi connectivity index (χ0) is 9.26. The number of hydrogen-bond acceptors (Lipinski definition) is 3. The molecule has 2 rings (SSSR count). The Hall–Kier alpha value is -0.610. The van der Waals surface area contributed by atoms with Crippen molar-refractivity contribution in [2.24, 2.45) is 17.6 Å². The van der Waals surface area contributed by atoms with Crippen LogP contribution in [-0.2, 0) is 9.53 Å². The Morgan fingerprint density at radius 3 is 3.00 bits per heavy atom. The monoisotopic (exact) mass is 184 g/mol. The van der Waals surface area contributed by atoms with E-state index in [1.165, 1.54) is 0 Å². The van der Waals surface area contributed by atoms with E-state index in [-0.39, 0.29) is 5.91 Å². The lowest BCUT2D eigenvalue weighted by Gasteiger charge is -2.32. The van der Waals surface area contributed by atoms with Gasteiger partial charge in [-0.2, -0.15) is 0 Å². The number of nitrogens with two attached hydrogens (primary N) is 1. The maximum absolute atomic E-state index is 10.7. The molecule has 0 bridgehead atoms. The first-order valence-electron chi connectivity index (χ1n) is 4.84. The van der Waals surface area contributed by atoms with Gasteiger partial charge in [-0.15, -0.1) is 0 Å². The van der Waals surface area contributed by atoms with E-state index in [1.54, 1.807) is 0 Å². The predicted octanol–water partition coefficient (Wildman–Crippen LogP) is -0.560. The van der Waals surface area contributed by atoms with Crippen LogP contribution in [-0.4, -0.2) is 43.7 Å². The summed E-state index contributed by atoms with van der Waals surface area (Å²) in [6.45, 7) is 4.15. The molecule has 0 aromatic carbocycles. The fourth-order valence-electron chi connectivity index (χ4n) is 2.30. The molecule has 2 saturated heterocycles. The summed E-state index contributed by atoms with van der Waals surface area (Å²) in [5.41, 5.74) is 5.15. The summed E-state index contributed by atoms with van der Waals surface area (Å²) in [6, 6.07) is 0. The molecule has 2 unspecified atom stereocenters. The van der Waals surface area contributed by atoms with Gasteiger partial charge in [0, 0.05) is 19.1 Å². The van der Waals surface area contributed by atoms with Crippen molar-refractivity contribution in [3.8, 4) is 0 Å². The van der Waals surface area contributed by atoms with E-state index in [4.69, 9.17) is 10.5 Å². The molecule has 0 saturated carbocycles. The summed E-state index contributed by atoms with van der Waals surface area (Å²) in [7, 11) is 0. The molecule has 2 heterocycles. The molecule has 4 nitrogen and oxygen atoms in total. The number of nitrogens with zero attached hydrogens (tertiary/aromatic N) is 1. The lowest BCUT2D eigenvalue weighted by atomic mass is 9.89. The first kappa shape index (κ1) is 8.97. The third-order valence-electron chi connectivity index (χ3n) is 3.02. The van der Waals surface area contributed by atoms with Crippen LogP contribution in [0.5, 0.6) is 0 Å². The quantitative estimate of drug-likeness (QED) is 0.626. The lowest BCUT2D eigenvalue weighted by molar-refractivity contribution is -0.119. The van der Waals surface area contributed by atoms with Crippen LogP contribution in [0, 0.1) is 11.8 Å². The molecule has 0 aliphatic carbocycles. The van der Waals surface area contributed by atoms with Gasteiger partial charge in [-0.1, -0.05) is 0 Å². The van der Waals surface area contributed by atoms with Crippen LogP contribution in [0.3, 0.4) is 0 Å². The average molecular weight is 184 g/mol. The smallest absolute Gasteiger partial charge is 0.231 e. The van der Waals surface area contributed by atoms with Gasteiger partial charge in [-0.25, -0.2) is 0 Å². The van der Waals surface area contributed by atoms with Gasteiger partial charge < -0.3 is 10.5 Å². The Labute approximate surface area is 78.0 Å². The van der Waals surface area contributed by atoms with Crippen LogP contribution in [0.25, 0.3) is 0 Å². The number of amides is 1. The van der Waals surface area contributed by atoms with Crippen molar-refractivity contribution in [2.75, 3.05) is 32.8 Å². The van der Waals surface area contributed by atoms with E-state index in [0.717, 1.165) is 38.6 Å². The zero-order valence-electron chi connectivity index (χ0n) is 7.74. The minimum atomic E-state index is -0.225. The highest BCUT2D eigenvalue weighted by atomic mass is 16.5. The van der Waals surface area contributed by atoms with Crippen LogP contribution >= 0.6 is 0 Å². The van der Waals surface area contributed by atoms with Crippen molar-refractivity contribution < 1.29 is 9.53 Å². The van der Waals surface area contributed by atoms with E-state index in [1.807, 2.05) is 0 Å². The van der Waals surface area contributed by atoms with Crippen LogP contribution in [0.15, 0.2) is 0 Å². The average Bonchev–Trinajstić information content (AvgIpc) is 2.49. The first-order valence-corrected chi connectivity index (χ1v) is 4.84. The summed E-state index contributed by atoms with van der Waals surface area (Å²) in [5.74, 6) is 1.13. The van der Waals surface area contributed by atoms with Crippen molar-refractivity contribution in [3.05, 3.63) is 0 Å². The molecular formula is C9H16N2O2. The summed E-state index contributed by atoms with van der Waals surface area (Å²) in [5, 5.41) is 0. The number of likely N-dealkylation sites (tertiary alicyclic amines) is 1. The Morgan fingerprint density at radius 1 is 1.46 bits per heavy atom. The SMILES string of the molecule is NC(=O)CN1CCC2COCC2C1. The highest BCUT2D eigenvalue weighted by Gasteiger charge is 2.33. The molecule has 74 valence electrons. The number of piperidine rings is 1. The standard InChI is InChI=1S/C9H16N2O2/c10-9(12)4-11-2-1-7-5-13-6-8(7)3-11/h7-8H,1-6H2,(H2,10,12). The number of carbonyl (C=O) groups is 1. The maximum atomic E-state index is 10.7. The van der Waals surface area contributed by atoms with Crippen molar-refractivity contribution >= 4 is 5.91 Å². The van der Waals surface area contributed by atoms with Crippen molar-refractivity contribution in [3.63, 3.8) is 0 Å². The molecule has 1 amide bonds. The third kappa shape index (κ3) is 2.00. The molecule has 13 heavy (non-hydrogen) atoms. The van der Waals surface area contributed by atoms with Gasteiger partial charge in [-0.05, 0) is 18.9 Å². The van der Waals surface area contributed by atoms with Crippen molar-refractivity contribution in [1.82, 2.24) is 4.90 Å². The third-order valence-corrected chi connectivity index (χ3v) is 3.02. The Morgan fingerprint density at radius 2 is 2.23 bits per heavy atom. The van der Waals surface area contributed by atoms with Gasteiger partial charge in [0.2, 0.25) is 5.91 Å². The number of primary amides is 1. The highest BCUT2D eigenvalue weighted by Crippen LogP contribution is 2.28. The van der Waals surface area contributed by atoms with Crippen LogP contribution in [0.1, 0.15) is 6.42 Å². The molecule has 0 radical (unpaired) electrons. The van der Waals surface area contributed by atoms with Gasteiger partial charge in [0.05, 0.1) is 13.2 Å². The molecule has 2 atom stereocenters. The maximum Gasteiger partial charge on any atom is 0.231 e. The Balaban J connectivity index is 1.86. The number of fused-ring (bicyclic) bond motifs is 1. The van der Waals surface area contributed by atoms with Gasteiger partial charge in [0.1, 0.15) is 0 Å². The second-order valence-electron chi connectivity index (χ2n) is 4.05. The fraction of sp³-hybridized carbons (Fsp3) is 0.889. The topological polar surface area (TPSA) is 55.6 Å². The van der Waals surface area contributed by atoms with Gasteiger partial charge >= 0.3 is 0 Å². The summed E-state index contributed by atoms with van der Waals surface area (Å²) in [4.78, 5) is 12.8. The first-order chi connectivity index (χ1) is 6.25. The van der Waals surface area contributed by atoms with E-state index >= 15 is 0 Å². The van der Waals surface area contributed by atoms with Crippen LogP contribution in [0.2, 0.25) is 0 Å². The second-order valence-corrected chi connectivity index (χ2v) is 4.05. The molecule has 4 heteroatoms. The molecule has 2 aliphatic heterocycles. The molecule has 2 N–H and O–H groups in total. The van der Waals surface area contributed by atoms with E-state index in [9.17, 15) is 4.79 Å². The van der Waals surface area contributed by atoms with E-state index < -0.39 is 0 Å². The minimum absolute atomic E-state index is 0.225. The summed E-state index contributed by atoms with van der Waals surface area (Å²) >= 11 is 0. The summed E-state index contributed by atoms with van der Waals surface area (Å²) < 4.78 is 5.40. The van der Waals surface area contributed by atoms with Crippen LogP contribution in [0.4, 0.5) is 0 Å². The summed E-state index contributed by atoms with van der Waals surface area (Å²) in [6.07, 6.45) is 1.15. The predicted molar refractivity (Wildman–Crippen MR) is 48.1 cm³/mol. The number of hydrogen-bond donors (Lipinski definition) is 1. The number of rotatable bonds is 2. The lowest BCUT2D eigenvalue weighted by Crippen LogP contribution is -2.43. The van der Waals surface area contributed by atoms with Crippen molar-refractivity contribution in [1.29, 1.82) is 0 Å². The highest BCUT2D eigenvalue weighted by molar-refractivity contribution is 5.75. The Bertz CT molecular complexity index is 208. The number of ether oxygens (including phenoxy) is 1. The molecule has 2 aliphatic rings. The second kappa shape index (κ2) is 3.64. The van der Waals surface area contributed by atoms with Crippen LogP contribution < -0.4 is 5.73 Å². The van der Waals surface area contributed by atoms with E-state index in [0.29, 0.717) is 12.5 Å². The minimum Gasteiger partial charge on any atom is -0.381 e. The number of carbonyl (C=O) groups excluding carboxylic acids is 1. The fourth-order valence-corrected chi connectivity index (χ4v) is 2.30. The van der Waals surface area contributed by atoms with Gasteiger partial charge in [-0.3, -0.25) is 9.69 Å². The Kier molecular flexibility index (Phi) is 2.51. The zero-order valence-corrected chi connectivity index (χ0v) is 7.74. The molecule has 2 fully saturated rings. The molecule has 0 aromatic heterocycles. The van der Waals surface area contributed by atoms with Crippen molar-refractivity contribution in [2.45, 2.75) is 6.42 Å².